The van der Waals surface area contributed by atoms with Crippen molar-refractivity contribution in [1.82, 2.24) is 0 Å². The molecule has 0 bridgehead atoms. The van der Waals surface area contributed by atoms with E-state index in [1.54, 1.807) is 0 Å². The minimum Gasteiger partial charge on any atom is -0.374 e. The van der Waals surface area contributed by atoms with Crippen molar-refractivity contribution in [2.24, 2.45) is 0 Å². The standard InChI is InChI=1S/C19H27IO5/c1-18(2)22-14(10-20)16(24-18)17-15(23-19(3,4)25-17)12-21-11-13-8-6-5-7-9-13/h5-9,14-17H,10-12H2,1-4H3/t14-,15-,16+,17+/m0/s1. The van der Waals surface area contributed by atoms with Gasteiger partial charge in [-0.05, 0) is 33.3 Å². The summed E-state index contributed by atoms with van der Waals surface area (Å²) in [6.07, 6.45) is -0.590. The highest BCUT2D eigenvalue weighted by atomic mass is 127. The molecule has 2 aliphatic rings. The van der Waals surface area contributed by atoms with Gasteiger partial charge in [-0.3, -0.25) is 0 Å². The van der Waals surface area contributed by atoms with E-state index in [1.807, 2.05) is 45.9 Å². The predicted molar refractivity (Wildman–Crippen MR) is 103 cm³/mol. The molecule has 6 heteroatoms. The molecule has 0 spiro atoms. The summed E-state index contributed by atoms with van der Waals surface area (Å²) in [6, 6.07) is 10.1. The van der Waals surface area contributed by atoms with E-state index in [2.05, 4.69) is 34.7 Å². The van der Waals surface area contributed by atoms with E-state index < -0.39 is 11.6 Å². The van der Waals surface area contributed by atoms with E-state index in [0.29, 0.717) is 13.2 Å². The molecule has 2 fully saturated rings. The van der Waals surface area contributed by atoms with Crippen molar-refractivity contribution in [2.75, 3.05) is 11.0 Å². The van der Waals surface area contributed by atoms with Crippen LogP contribution in [0.1, 0.15) is 33.3 Å². The Labute approximate surface area is 163 Å². The molecule has 1 aromatic rings. The Hall–Kier alpha value is -0.250. The third-order valence-corrected chi connectivity index (χ3v) is 5.18. The number of benzene rings is 1. The van der Waals surface area contributed by atoms with Crippen LogP contribution in [0.15, 0.2) is 30.3 Å². The number of halogens is 1. The fraction of sp³-hybridized carbons (Fsp3) is 0.684. The fourth-order valence-electron chi connectivity index (χ4n) is 3.40. The summed E-state index contributed by atoms with van der Waals surface area (Å²) < 4.78 is 31.1. The summed E-state index contributed by atoms with van der Waals surface area (Å²) in [4.78, 5) is 0. The Kier molecular flexibility index (Phi) is 6.07. The van der Waals surface area contributed by atoms with Crippen LogP contribution < -0.4 is 0 Å². The van der Waals surface area contributed by atoms with Crippen LogP contribution in [0.3, 0.4) is 0 Å². The highest BCUT2D eigenvalue weighted by Gasteiger charge is 2.53. The molecule has 4 atom stereocenters. The van der Waals surface area contributed by atoms with Gasteiger partial charge in [-0.1, -0.05) is 52.9 Å². The van der Waals surface area contributed by atoms with Crippen molar-refractivity contribution >= 4 is 22.6 Å². The number of hydrogen-bond donors (Lipinski definition) is 0. The van der Waals surface area contributed by atoms with Crippen LogP contribution in [0.2, 0.25) is 0 Å². The average molecular weight is 462 g/mol. The maximum Gasteiger partial charge on any atom is 0.164 e. The Morgan fingerprint density at radius 1 is 0.880 bits per heavy atom. The first-order valence-corrected chi connectivity index (χ1v) is 10.2. The van der Waals surface area contributed by atoms with Crippen LogP contribution in [0.5, 0.6) is 0 Å². The summed E-state index contributed by atoms with van der Waals surface area (Å²) in [5.74, 6) is -1.26. The van der Waals surface area contributed by atoms with Crippen LogP contribution in [0, 0.1) is 0 Å². The predicted octanol–water partition coefficient (Wildman–Crippen LogP) is 3.68. The second kappa shape index (κ2) is 7.78. The smallest absolute Gasteiger partial charge is 0.164 e. The van der Waals surface area contributed by atoms with Gasteiger partial charge in [-0.25, -0.2) is 0 Å². The third-order valence-electron chi connectivity index (χ3n) is 4.31. The lowest BCUT2D eigenvalue weighted by Gasteiger charge is -2.25. The van der Waals surface area contributed by atoms with Gasteiger partial charge in [0, 0.05) is 4.43 Å². The number of hydrogen-bond acceptors (Lipinski definition) is 5. The molecule has 1 aromatic carbocycles. The van der Waals surface area contributed by atoms with Crippen molar-refractivity contribution in [2.45, 2.75) is 70.3 Å². The average Bonchev–Trinajstić information content (AvgIpc) is 3.03. The van der Waals surface area contributed by atoms with E-state index in [4.69, 9.17) is 23.7 Å². The Balaban J connectivity index is 1.64. The van der Waals surface area contributed by atoms with Gasteiger partial charge < -0.3 is 23.7 Å². The van der Waals surface area contributed by atoms with Gasteiger partial charge in [-0.15, -0.1) is 0 Å². The lowest BCUT2D eigenvalue weighted by atomic mass is 10.0. The van der Waals surface area contributed by atoms with Crippen molar-refractivity contribution < 1.29 is 23.7 Å². The second-order valence-electron chi connectivity index (χ2n) is 7.43. The first-order chi connectivity index (χ1) is 11.8. The number of rotatable bonds is 6. The highest BCUT2D eigenvalue weighted by Crippen LogP contribution is 2.39. The molecule has 0 radical (unpaired) electrons. The van der Waals surface area contributed by atoms with Crippen LogP contribution >= 0.6 is 22.6 Å². The summed E-state index contributed by atoms with van der Waals surface area (Å²) in [6.45, 7) is 8.74. The lowest BCUT2D eigenvalue weighted by Crippen LogP contribution is -2.44. The van der Waals surface area contributed by atoms with Gasteiger partial charge in [0.2, 0.25) is 0 Å². The molecule has 2 heterocycles. The lowest BCUT2D eigenvalue weighted by molar-refractivity contribution is -0.175. The van der Waals surface area contributed by atoms with Crippen LogP contribution in [-0.2, 0) is 30.3 Å². The normalized spacial score (nSPS) is 33.6. The Morgan fingerprint density at radius 2 is 1.44 bits per heavy atom. The van der Waals surface area contributed by atoms with Gasteiger partial charge in [0.1, 0.15) is 18.3 Å². The Morgan fingerprint density at radius 3 is 2.04 bits per heavy atom. The monoisotopic (exact) mass is 462 g/mol. The molecule has 0 amide bonds. The van der Waals surface area contributed by atoms with E-state index >= 15 is 0 Å². The molecule has 0 saturated carbocycles. The summed E-state index contributed by atoms with van der Waals surface area (Å²) >= 11 is 2.33. The summed E-state index contributed by atoms with van der Waals surface area (Å²) in [5.41, 5.74) is 1.14. The maximum absolute atomic E-state index is 6.16. The SMILES string of the molecule is CC1(C)O[C@@H]([C@@H]2OC(C)(C)O[C@H]2COCc2ccccc2)[C@H](CI)O1. The van der Waals surface area contributed by atoms with Crippen LogP contribution in [-0.4, -0.2) is 47.0 Å². The molecule has 5 nitrogen and oxygen atoms in total. The molecule has 0 N–H and O–H groups in total. The minimum atomic E-state index is -0.655. The third kappa shape index (κ3) is 4.93. The van der Waals surface area contributed by atoms with Crippen LogP contribution in [0.4, 0.5) is 0 Å². The zero-order valence-electron chi connectivity index (χ0n) is 15.2. The van der Waals surface area contributed by atoms with Gasteiger partial charge in [0.25, 0.3) is 0 Å². The first kappa shape index (κ1) is 19.5. The summed E-state index contributed by atoms with van der Waals surface area (Å²) in [5, 5.41) is 0. The zero-order valence-corrected chi connectivity index (χ0v) is 17.4. The molecular weight excluding hydrogens is 435 g/mol. The van der Waals surface area contributed by atoms with Crippen molar-refractivity contribution in [3.05, 3.63) is 35.9 Å². The molecule has 25 heavy (non-hydrogen) atoms. The summed E-state index contributed by atoms with van der Waals surface area (Å²) in [7, 11) is 0. The Bertz CT molecular complexity index is 562. The topological polar surface area (TPSA) is 46.2 Å². The quantitative estimate of drug-likeness (QED) is 0.477. The first-order valence-electron chi connectivity index (χ1n) is 8.68. The van der Waals surface area contributed by atoms with Crippen molar-refractivity contribution in [3.8, 4) is 0 Å². The minimum absolute atomic E-state index is 0.0188. The van der Waals surface area contributed by atoms with Gasteiger partial charge in [0.05, 0.1) is 19.3 Å². The molecule has 0 aromatic heterocycles. The highest BCUT2D eigenvalue weighted by molar-refractivity contribution is 14.1. The van der Waals surface area contributed by atoms with Crippen molar-refractivity contribution in [3.63, 3.8) is 0 Å². The molecule has 0 aliphatic carbocycles. The van der Waals surface area contributed by atoms with E-state index in [1.165, 1.54) is 0 Å². The maximum atomic E-state index is 6.16. The number of alkyl halides is 1. The fourth-order valence-corrected chi connectivity index (χ4v) is 4.08. The molecule has 2 aliphatic heterocycles. The van der Waals surface area contributed by atoms with Gasteiger partial charge in [0.15, 0.2) is 11.6 Å². The molecule has 2 saturated heterocycles. The van der Waals surface area contributed by atoms with E-state index in [0.717, 1.165) is 9.99 Å². The molecular formula is C19H27IO5. The number of ether oxygens (including phenoxy) is 5. The van der Waals surface area contributed by atoms with Gasteiger partial charge in [-0.2, -0.15) is 0 Å². The second-order valence-corrected chi connectivity index (χ2v) is 8.31. The zero-order chi connectivity index (χ0) is 18.1. The van der Waals surface area contributed by atoms with E-state index in [-0.39, 0.29) is 24.4 Å². The molecule has 0 unspecified atom stereocenters. The molecule has 3 rings (SSSR count). The molecule has 140 valence electrons. The van der Waals surface area contributed by atoms with Gasteiger partial charge >= 0.3 is 0 Å². The van der Waals surface area contributed by atoms with E-state index in [9.17, 15) is 0 Å². The largest absolute Gasteiger partial charge is 0.374 e. The van der Waals surface area contributed by atoms with Crippen LogP contribution in [0.25, 0.3) is 0 Å². The van der Waals surface area contributed by atoms with Crippen molar-refractivity contribution in [1.29, 1.82) is 0 Å².